The zero-order chi connectivity index (χ0) is 50.3. The molecule has 0 amide bonds. The van der Waals surface area contributed by atoms with Crippen molar-refractivity contribution in [1.82, 2.24) is 0 Å². The number of unbranched alkanes of at least 4 members (excludes halogenated alkanes) is 8. The molecule has 6 unspecified atom stereocenters. The van der Waals surface area contributed by atoms with Gasteiger partial charge in [-0.25, -0.2) is 0 Å². The zero-order valence-electron chi connectivity index (χ0n) is 44.6. The zero-order valence-corrected chi connectivity index (χ0v) is 44.6. The minimum atomic E-state index is -1.49. The molecule has 0 bridgehead atoms. The third-order valence-electron chi connectivity index (χ3n) is 13.9. The summed E-state index contributed by atoms with van der Waals surface area (Å²) in [6.45, 7) is 26.3. The summed E-state index contributed by atoms with van der Waals surface area (Å²) in [5, 5.41) is 32.3. The van der Waals surface area contributed by atoms with E-state index in [1.807, 2.05) is 0 Å². The van der Waals surface area contributed by atoms with E-state index in [1.54, 1.807) is 0 Å². The Hall–Kier alpha value is -3.59. The monoisotopic (exact) mass is 939 g/mol. The fraction of sp³-hybridized carbons (Fsp3) is 0.623. The molecule has 7 heteroatoms. The van der Waals surface area contributed by atoms with E-state index in [4.69, 9.17) is 14.2 Å². The van der Waals surface area contributed by atoms with Crippen molar-refractivity contribution < 1.29 is 34.3 Å². The molecular weight excluding hydrogens is 845 g/mol. The van der Waals surface area contributed by atoms with Crippen molar-refractivity contribution in [2.24, 2.45) is 16.7 Å². The van der Waals surface area contributed by atoms with Gasteiger partial charge in [0.1, 0.15) is 31.0 Å². The quantitative estimate of drug-likeness (QED) is 0.0451. The largest absolute Gasteiger partial charge is 0.463 e. The van der Waals surface area contributed by atoms with E-state index in [0.29, 0.717) is 19.3 Å². The minimum absolute atomic E-state index is 0.219. The van der Waals surface area contributed by atoms with Crippen LogP contribution in [-0.2, 0) is 19.0 Å². The lowest BCUT2D eigenvalue weighted by Gasteiger charge is -2.43. The highest BCUT2D eigenvalue weighted by Gasteiger charge is 2.46. The van der Waals surface area contributed by atoms with Crippen molar-refractivity contribution in [3.8, 4) is 0 Å². The normalized spacial score (nSPS) is 25.8. The van der Waals surface area contributed by atoms with Gasteiger partial charge in [0, 0.05) is 6.42 Å². The number of rotatable bonds is 26. The SMILES string of the molecule is CC(C=CC=C(C)C=CC1=C(C)CCCC1(C)C)=CC=CC=C(C)C=CC=C(C)C=CC1=C(C)CC(OC2OC(COC(=O)CCCCCCCCCCCC(C)C)C(O)C(O)C2O)CC1(C)C. The summed E-state index contributed by atoms with van der Waals surface area (Å²) >= 11 is 0. The number of aliphatic hydroxyl groups excluding tert-OH is 3. The summed E-state index contributed by atoms with van der Waals surface area (Å²) < 4.78 is 17.8. The third-order valence-corrected chi connectivity index (χ3v) is 13.9. The summed E-state index contributed by atoms with van der Waals surface area (Å²) in [7, 11) is 0. The number of hydrogen-bond acceptors (Lipinski definition) is 7. The Morgan fingerprint density at radius 3 is 1.69 bits per heavy atom. The smallest absolute Gasteiger partial charge is 0.305 e. The Balaban J connectivity index is 1.44. The van der Waals surface area contributed by atoms with E-state index in [2.05, 4.69) is 168 Å². The molecule has 3 aliphatic rings. The maximum absolute atomic E-state index is 12.6. The van der Waals surface area contributed by atoms with Crippen LogP contribution in [-0.4, -0.2) is 64.7 Å². The molecule has 0 spiro atoms. The molecule has 1 fully saturated rings. The summed E-state index contributed by atoms with van der Waals surface area (Å²) in [4.78, 5) is 12.6. The molecule has 0 radical (unpaired) electrons. The number of carbonyl (C=O) groups is 1. The molecule has 0 aromatic rings. The Labute approximate surface area is 414 Å². The van der Waals surface area contributed by atoms with Crippen molar-refractivity contribution in [3.63, 3.8) is 0 Å². The summed E-state index contributed by atoms with van der Waals surface area (Å²) in [5.41, 5.74) is 10.2. The van der Waals surface area contributed by atoms with Crippen LogP contribution < -0.4 is 0 Å². The summed E-state index contributed by atoms with van der Waals surface area (Å²) in [6, 6.07) is 0. The molecule has 2 aliphatic carbocycles. The number of ether oxygens (including phenoxy) is 3. The van der Waals surface area contributed by atoms with Gasteiger partial charge in [-0.2, -0.15) is 0 Å². The number of aliphatic hydroxyl groups is 3. The van der Waals surface area contributed by atoms with Crippen LogP contribution in [0.25, 0.3) is 0 Å². The highest BCUT2D eigenvalue weighted by Crippen LogP contribution is 2.43. The van der Waals surface area contributed by atoms with Gasteiger partial charge in [0.05, 0.1) is 6.10 Å². The molecule has 0 saturated carbocycles. The highest BCUT2D eigenvalue weighted by atomic mass is 16.7. The fourth-order valence-corrected chi connectivity index (χ4v) is 9.69. The number of hydrogen-bond donors (Lipinski definition) is 3. The predicted octanol–water partition coefficient (Wildman–Crippen LogP) is 14.9. The van der Waals surface area contributed by atoms with E-state index in [-0.39, 0.29) is 29.5 Å². The summed E-state index contributed by atoms with van der Waals surface area (Å²) in [6.07, 6.45) is 40.4. The lowest BCUT2D eigenvalue weighted by atomic mass is 9.71. The van der Waals surface area contributed by atoms with Gasteiger partial charge in [0.2, 0.25) is 0 Å². The van der Waals surface area contributed by atoms with Gasteiger partial charge in [-0.15, -0.1) is 0 Å². The second-order valence-electron chi connectivity index (χ2n) is 21.9. The van der Waals surface area contributed by atoms with Crippen LogP contribution in [0.5, 0.6) is 0 Å². The molecule has 3 N–H and O–H groups in total. The first-order valence-electron chi connectivity index (χ1n) is 26.2. The van der Waals surface area contributed by atoms with Gasteiger partial charge in [0.25, 0.3) is 0 Å². The third kappa shape index (κ3) is 21.6. The molecule has 68 heavy (non-hydrogen) atoms. The summed E-state index contributed by atoms with van der Waals surface area (Å²) in [5.74, 6) is 0.436. The van der Waals surface area contributed by atoms with Gasteiger partial charge in [-0.3, -0.25) is 4.79 Å². The van der Waals surface area contributed by atoms with Crippen molar-refractivity contribution >= 4 is 5.97 Å². The van der Waals surface area contributed by atoms with E-state index >= 15 is 0 Å². The molecule has 0 aromatic carbocycles. The molecule has 3 rings (SSSR count). The van der Waals surface area contributed by atoms with Crippen LogP contribution in [0.4, 0.5) is 0 Å². The van der Waals surface area contributed by atoms with E-state index in [9.17, 15) is 20.1 Å². The van der Waals surface area contributed by atoms with Crippen LogP contribution in [0.15, 0.2) is 130 Å². The molecule has 6 atom stereocenters. The first-order valence-corrected chi connectivity index (χ1v) is 26.2. The predicted molar refractivity (Wildman–Crippen MR) is 285 cm³/mol. The Morgan fingerprint density at radius 2 is 1.16 bits per heavy atom. The van der Waals surface area contributed by atoms with E-state index in [1.165, 1.54) is 97.6 Å². The molecule has 1 aliphatic heterocycles. The molecule has 7 nitrogen and oxygen atoms in total. The second kappa shape index (κ2) is 30.2. The molecule has 380 valence electrons. The Bertz CT molecular complexity index is 1920. The van der Waals surface area contributed by atoms with Crippen molar-refractivity contribution in [1.29, 1.82) is 0 Å². The van der Waals surface area contributed by atoms with Gasteiger partial charge in [-0.1, -0.05) is 218 Å². The maximum atomic E-state index is 12.6. The first-order chi connectivity index (χ1) is 32.2. The van der Waals surface area contributed by atoms with Gasteiger partial charge in [-0.05, 0) is 108 Å². The first kappa shape index (κ1) is 58.7. The van der Waals surface area contributed by atoms with Crippen LogP contribution in [0.1, 0.15) is 186 Å². The van der Waals surface area contributed by atoms with Gasteiger partial charge < -0.3 is 29.5 Å². The molecular formula is C61H94O7. The van der Waals surface area contributed by atoms with Crippen molar-refractivity contribution in [3.05, 3.63) is 130 Å². The standard InChI is InChI=1S/C61H94O7/c1-44(2)27-20-18-16-14-13-15-17-19-21-35-55(62)66-43-54-56(63)57(64)58(65)59(68-54)67-51-41-50(8)53(61(11,12)42-51)39-37-48(6)33-25-31-46(4)29-23-22-28-45(3)30-24-32-47(5)36-38-52-49(7)34-26-40-60(52,9)10/h22-25,28-33,36-39,44,51,54,56-59,63-65H,13-21,26-27,34-35,40-43H2,1-12H3. The number of carbonyl (C=O) groups excluding carboxylic acids is 1. The lowest BCUT2D eigenvalue weighted by Crippen LogP contribution is -2.60. The van der Waals surface area contributed by atoms with Gasteiger partial charge in [0.15, 0.2) is 6.29 Å². The maximum Gasteiger partial charge on any atom is 0.305 e. The Kier molecular flexibility index (Phi) is 26.1. The van der Waals surface area contributed by atoms with E-state index < -0.39 is 30.7 Å². The van der Waals surface area contributed by atoms with Crippen molar-refractivity contribution in [2.75, 3.05) is 6.61 Å². The highest BCUT2D eigenvalue weighted by molar-refractivity contribution is 5.69. The van der Waals surface area contributed by atoms with Crippen LogP contribution in [0.2, 0.25) is 0 Å². The molecule has 0 aromatic heterocycles. The van der Waals surface area contributed by atoms with Gasteiger partial charge >= 0.3 is 5.97 Å². The molecule has 1 heterocycles. The van der Waals surface area contributed by atoms with Crippen LogP contribution >= 0.6 is 0 Å². The topological polar surface area (TPSA) is 105 Å². The lowest BCUT2D eigenvalue weighted by molar-refractivity contribution is -0.313. The Morgan fingerprint density at radius 1 is 0.662 bits per heavy atom. The number of esters is 1. The number of allylic oxidation sites excluding steroid dienone is 21. The molecule has 1 saturated heterocycles. The minimum Gasteiger partial charge on any atom is -0.463 e. The second-order valence-corrected chi connectivity index (χ2v) is 21.9. The van der Waals surface area contributed by atoms with Crippen LogP contribution in [0, 0.1) is 16.7 Å². The average Bonchev–Trinajstić information content (AvgIpc) is 3.25. The fourth-order valence-electron chi connectivity index (χ4n) is 9.69. The average molecular weight is 939 g/mol. The van der Waals surface area contributed by atoms with E-state index in [0.717, 1.165) is 36.3 Å². The van der Waals surface area contributed by atoms with Crippen molar-refractivity contribution in [2.45, 2.75) is 223 Å². The van der Waals surface area contributed by atoms with Crippen LogP contribution in [0.3, 0.4) is 0 Å².